The fourth-order valence-corrected chi connectivity index (χ4v) is 2.80. The molecule has 0 amide bonds. The highest BCUT2D eigenvalue weighted by atomic mass is 19.1. The first-order valence-corrected chi connectivity index (χ1v) is 6.87. The normalized spacial score (nSPS) is 24.4. The van der Waals surface area contributed by atoms with Gasteiger partial charge in [0.15, 0.2) is 0 Å². The van der Waals surface area contributed by atoms with E-state index in [1.807, 2.05) is 6.92 Å². The van der Waals surface area contributed by atoms with Crippen LogP contribution < -0.4 is 10.1 Å². The van der Waals surface area contributed by atoms with Gasteiger partial charge in [-0.3, -0.25) is 0 Å². The SMILES string of the molecule is COc1cccc(F)c1C(C)NCC1CCCC1O. The molecule has 3 unspecified atom stereocenters. The van der Waals surface area contributed by atoms with E-state index in [2.05, 4.69) is 5.32 Å². The summed E-state index contributed by atoms with van der Waals surface area (Å²) in [7, 11) is 1.55. The molecule has 106 valence electrons. The number of hydrogen-bond acceptors (Lipinski definition) is 3. The number of aliphatic hydroxyl groups excluding tert-OH is 1. The summed E-state index contributed by atoms with van der Waals surface area (Å²) in [5, 5.41) is 13.1. The Labute approximate surface area is 113 Å². The molecule has 1 aliphatic carbocycles. The molecule has 4 heteroatoms. The Morgan fingerprint density at radius 1 is 1.47 bits per heavy atom. The second-order valence-electron chi connectivity index (χ2n) is 5.24. The highest BCUT2D eigenvalue weighted by Crippen LogP contribution is 2.29. The second-order valence-corrected chi connectivity index (χ2v) is 5.24. The molecule has 0 aromatic heterocycles. The van der Waals surface area contributed by atoms with Crippen molar-refractivity contribution in [3.63, 3.8) is 0 Å². The standard InChI is InChI=1S/C15H22FNO2/c1-10(17-9-11-5-3-7-13(11)18)15-12(16)6-4-8-14(15)19-2/h4,6,8,10-11,13,17-18H,3,5,7,9H2,1-2H3. The van der Waals surface area contributed by atoms with Crippen LogP contribution in [0.4, 0.5) is 4.39 Å². The van der Waals surface area contributed by atoms with E-state index < -0.39 is 0 Å². The Hall–Kier alpha value is -1.13. The predicted octanol–water partition coefficient (Wildman–Crippen LogP) is 2.65. The van der Waals surface area contributed by atoms with Gasteiger partial charge < -0.3 is 15.2 Å². The van der Waals surface area contributed by atoms with Crippen LogP contribution in [0.2, 0.25) is 0 Å². The molecule has 1 aromatic rings. The van der Waals surface area contributed by atoms with Crippen molar-refractivity contribution in [1.29, 1.82) is 0 Å². The van der Waals surface area contributed by atoms with Gasteiger partial charge in [0.2, 0.25) is 0 Å². The molecule has 1 aliphatic rings. The van der Waals surface area contributed by atoms with Crippen molar-refractivity contribution in [3.05, 3.63) is 29.6 Å². The van der Waals surface area contributed by atoms with E-state index in [4.69, 9.17) is 4.74 Å². The summed E-state index contributed by atoms with van der Waals surface area (Å²) in [4.78, 5) is 0. The Balaban J connectivity index is 2.01. The van der Waals surface area contributed by atoms with E-state index >= 15 is 0 Å². The van der Waals surface area contributed by atoms with Crippen LogP contribution in [-0.2, 0) is 0 Å². The second kappa shape index (κ2) is 6.35. The zero-order valence-corrected chi connectivity index (χ0v) is 11.5. The molecule has 19 heavy (non-hydrogen) atoms. The monoisotopic (exact) mass is 267 g/mol. The van der Waals surface area contributed by atoms with E-state index in [1.165, 1.54) is 6.07 Å². The van der Waals surface area contributed by atoms with E-state index in [0.717, 1.165) is 19.3 Å². The summed E-state index contributed by atoms with van der Waals surface area (Å²) < 4.78 is 19.1. The Morgan fingerprint density at radius 2 is 2.26 bits per heavy atom. The first-order chi connectivity index (χ1) is 9.13. The van der Waals surface area contributed by atoms with Crippen molar-refractivity contribution in [1.82, 2.24) is 5.32 Å². The lowest BCUT2D eigenvalue weighted by Gasteiger charge is -2.21. The smallest absolute Gasteiger partial charge is 0.131 e. The van der Waals surface area contributed by atoms with Crippen LogP contribution in [0.3, 0.4) is 0 Å². The van der Waals surface area contributed by atoms with E-state index in [-0.39, 0.29) is 23.9 Å². The van der Waals surface area contributed by atoms with Gasteiger partial charge in [-0.1, -0.05) is 12.5 Å². The van der Waals surface area contributed by atoms with Crippen molar-refractivity contribution in [2.24, 2.45) is 5.92 Å². The van der Waals surface area contributed by atoms with Gasteiger partial charge in [0.05, 0.1) is 13.2 Å². The van der Waals surface area contributed by atoms with Gasteiger partial charge in [-0.2, -0.15) is 0 Å². The Bertz CT molecular complexity index is 425. The lowest BCUT2D eigenvalue weighted by atomic mass is 10.0. The zero-order valence-electron chi connectivity index (χ0n) is 11.5. The molecule has 3 atom stereocenters. The number of halogens is 1. The third kappa shape index (κ3) is 3.25. The molecule has 0 heterocycles. The van der Waals surface area contributed by atoms with Crippen LogP contribution in [0.5, 0.6) is 5.75 Å². The van der Waals surface area contributed by atoms with Gasteiger partial charge in [0.1, 0.15) is 11.6 Å². The van der Waals surface area contributed by atoms with Crippen molar-refractivity contribution < 1.29 is 14.2 Å². The molecule has 2 N–H and O–H groups in total. The lowest BCUT2D eigenvalue weighted by molar-refractivity contribution is 0.130. The van der Waals surface area contributed by atoms with Gasteiger partial charge >= 0.3 is 0 Å². The third-order valence-electron chi connectivity index (χ3n) is 3.97. The summed E-state index contributed by atoms with van der Waals surface area (Å²) in [5.74, 6) is 0.582. The zero-order chi connectivity index (χ0) is 13.8. The third-order valence-corrected chi connectivity index (χ3v) is 3.97. The fourth-order valence-electron chi connectivity index (χ4n) is 2.80. The number of nitrogens with one attached hydrogen (secondary N) is 1. The highest BCUT2D eigenvalue weighted by Gasteiger charge is 2.26. The maximum atomic E-state index is 13.9. The summed E-state index contributed by atoms with van der Waals surface area (Å²) in [6, 6.07) is 4.72. The molecule has 0 saturated heterocycles. The summed E-state index contributed by atoms with van der Waals surface area (Å²) in [5.41, 5.74) is 0.553. The molecule has 0 aliphatic heterocycles. The minimum absolute atomic E-state index is 0.135. The number of ether oxygens (including phenoxy) is 1. The van der Waals surface area contributed by atoms with Crippen molar-refractivity contribution in [3.8, 4) is 5.75 Å². The summed E-state index contributed by atoms with van der Waals surface area (Å²) >= 11 is 0. The van der Waals surface area contributed by atoms with Gasteiger partial charge in [-0.05, 0) is 37.8 Å². The van der Waals surface area contributed by atoms with E-state index in [1.54, 1.807) is 19.2 Å². The first kappa shape index (κ1) is 14.3. The molecule has 1 fully saturated rings. The number of hydrogen-bond donors (Lipinski definition) is 2. The quantitative estimate of drug-likeness (QED) is 0.861. The topological polar surface area (TPSA) is 41.5 Å². The van der Waals surface area contributed by atoms with Crippen LogP contribution in [0.1, 0.15) is 37.8 Å². The summed E-state index contributed by atoms with van der Waals surface area (Å²) in [6.07, 6.45) is 2.77. The molecule has 0 radical (unpaired) electrons. The molecular weight excluding hydrogens is 245 g/mol. The minimum atomic E-state index is -0.258. The van der Waals surface area contributed by atoms with Crippen LogP contribution in [0.15, 0.2) is 18.2 Å². The fraction of sp³-hybridized carbons (Fsp3) is 0.600. The minimum Gasteiger partial charge on any atom is -0.496 e. The van der Waals surface area contributed by atoms with E-state index in [0.29, 0.717) is 17.9 Å². The Morgan fingerprint density at radius 3 is 2.89 bits per heavy atom. The van der Waals surface area contributed by atoms with Gasteiger partial charge in [0, 0.05) is 18.2 Å². The van der Waals surface area contributed by atoms with Crippen molar-refractivity contribution in [2.75, 3.05) is 13.7 Å². The van der Waals surface area contributed by atoms with Gasteiger partial charge in [-0.25, -0.2) is 4.39 Å². The molecular formula is C15H22FNO2. The van der Waals surface area contributed by atoms with Gasteiger partial charge in [-0.15, -0.1) is 0 Å². The van der Waals surface area contributed by atoms with Crippen molar-refractivity contribution >= 4 is 0 Å². The predicted molar refractivity (Wildman–Crippen MR) is 72.7 cm³/mol. The van der Waals surface area contributed by atoms with Crippen LogP contribution in [0.25, 0.3) is 0 Å². The van der Waals surface area contributed by atoms with Gasteiger partial charge in [0.25, 0.3) is 0 Å². The lowest BCUT2D eigenvalue weighted by Crippen LogP contribution is -2.30. The van der Waals surface area contributed by atoms with Crippen molar-refractivity contribution in [2.45, 2.75) is 38.3 Å². The number of methoxy groups -OCH3 is 1. The van der Waals surface area contributed by atoms with E-state index in [9.17, 15) is 9.50 Å². The molecule has 2 rings (SSSR count). The number of aliphatic hydroxyl groups is 1. The molecule has 3 nitrogen and oxygen atoms in total. The Kier molecular flexibility index (Phi) is 4.77. The van der Waals surface area contributed by atoms with Crippen LogP contribution >= 0.6 is 0 Å². The first-order valence-electron chi connectivity index (χ1n) is 6.87. The maximum absolute atomic E-state index is 13.9. The highest BCUT2D eigenvalue weighted by molar-refractivity contribution is 5.36. The number of benzene rings is 1. The summed E-state index contributed by atoms with van der Waals surface area (Å²) in [6.45, 7) is 2.63. The van der Waals surface area contributed by atoms with Crippen LogP contribution in [0, 0.1) is 11.7 Å². The van der Waals surface area contributed by atoms with Crippen LogP contribution in [-0.4, -0.2) is 24.9 Å². The number of rotatable bonds is 5. The maximum Gasteiger partial charge on any atom is 0.131 e. The average Bonchev–Trinajstić information content (AvgIpc) is 2.81. The molecule has 0 bridgehead atoms. The average molecular weight is 267 g/mol. The largest absolute Gasteiger partial charge is 0.496 e. The molecule has 1 saturated carbocycles. The molecule has 0 spiro atoms. The molecule has 1 aromatic carbocycles.